The van der Waals surface area contributed by atoms with Crippen LogP contribution in [0.2, 0.25) is 0 Å². The van der Waals surface area contributed by atoms with Crippen molar-refractivity contribution in [2.75, 3.05) is 13.2 Å². The van der Waals surface area contributed by atoms with Gasteiger partial charge in [0, 0.05) is 32.5 Å². The van der Waals surface area contributed by atoms with Gasteiger partial charge in [0.1, 0.15) is 0 Å². The zero-order valence-electron chi connectivity index (χ0n) is 14.2. The molecule has 0 amide bonds. The Bertz CT molecular complexity index is 442. The van der Waals surface area contributed by atoms with Gasteiger partial charge in [-0.15, -0.1) is 0 Å². The maximum atomic E-state index is 12.7. The molecule has 28 heavy (non-hydrogen) atoms. The van der Waals surface area contributed by atoms with E-state index < -0.39 is 88.2 Å². The Balaban J connectivity index is 4.42. The molecule has 0 fully saturated rings. The summed E-state index contributed by atoms with van der Waals surface area (Å²) in [5.74, 6) is -11.3. The second-order valence-electron chi connectivity index (χ2n) is 5.72. The van der Waals surface area contributed by atoms with Crippen LogP contribution in [0.25, 0.3) is 0 Å². The average Bonchev–Trinajstić information content (AvgIpc) is 2.49. The Morgan fingerprint density at radius 1 is 0.750 bits per heavy atom. The predicted octanol–water partition coefficient (Wildman–Crippen LogP) is 5.17. The first kappa shape index (κ1) is 26.7. The van der Waals surface area contributed by atoms with Gasteiger partial charge >= 0.3 is 30.2 Å². The number of carboxylic acid groups (broad SMARTS) is 1. The standard InChI is InChI=1S/C14H18F10O4/c15-11(16,13(19,20)21)5-1-7-27-10(4-3-9(25)26)28-8-2-6-12(17,18)14(22,23)24/h10H,1-8H2,(H,25,26). The van der Waals surface area contributed by atoms with Crippen molar-refractivity contribution in [3.05, 3.63) is 0 Å². The second kappa shape index (κ2) is 10.5. The summed E-state index contributed by atoms with van der Waals surface area (Å²) in [6.45, 7) is -1.40. The fourth-order valence-corrected chi connectivity index (χ4v) is 1.76. The smallest absolute Gasteiger partial charge is 0.453 e. The summed E-state index contributed by atoms with van der Waals surface area (Å²) in [5, 5.41) is 8.54. The summed E-state index contributed by atoms with van der Waals surface area (Å²) in [5.41, 5.74) is 0. The molecular formula is C14H18F10O4. The summed E-state index contributed by atoms with van der Waals surface area (Å²) >= 11 is 0. The van der Waals surface area contributed by atoms with Crippen molar-refractivity contribution in [3.63, 3.8) is 0 Å². The largest absolute Gasteiger partial charge is 0.481 e. The highest BCUT2D eigenvalue weighted by molar-refractivity contribution is 5.66. The van der Waals surface area contributed by atoms with Crippen molar-refractivity contribution in [3.8, 4) is 0 Å². The predicted molar refractivity (Wildman–Crippen MR) is 73.0 cm³/mol. The molecule has 0 heterocycles. The molecule has 1 N–H and O–H groups in total. The maximum absolute atomic E-state index is 12.7. The minimum absolute atomic E-state index is 0.416. The molecule has 0 atom stereocenters. The Hall–Kier alpha value is -1.31. The van der Waals surface area contributed by atoms with Gasteiger partial charge in [0.15, 0.2) is 6.29 Å². The van der Waals surface area contributed by atoms with Crippen molar-refractivity contribution in [2.45, 2.75) is 69.0 Å². The van der Waals surface area contributed by atoms with Gasteiger partial charge in [-0.3, -0.25) is 4.79 Å². The SMILES string of the molecule is O=C(O)CCC(OCCCC(F)(F)C(F)(F)F)OCCCC(F)(F)C(F)(F)F. The minimum atomic E-state index is -5.75. The number of ether oxygens (including phenoxy) is 2. The molecule has 14 heteroatoms. The molecule has 0 radical (unpaired) electrons. The molecule has 0 aromatic rings. The van der Waals surface area contributed by atoms with Crippen molar-refractivity contribution in [1.82, 2.24) is 0 Å². The Kier molecular flexibility index (Phi) is 9.97. The second-order valence-corrected chi connectivity index (χ2v) is 5.72. The van der Waals surface area contributed by atoms with Gasteiger partial charge in [0.25, 0.3) is 0 Å². The van der Waals surface area contributed by atoms with Crippen LogP contribution in [0, 0.1) is 0 Å². The zero-order valence-corrected chi connectivity index (χ0v) is 14.2. The highest BCUT2D eigenvalue weighted by Crippen LogP contribution is 2.39. The van der Waals surface area contributed by atoms with E-state index in [1.807, 2.05) is 0 Å². The van der Waals surface area contributed by atoms with Crippen LogP contribution in [-0.4, -0.2) is 54.8 Å². The molecule has 0 rings (SSSR count). The van der Waals surface area contributed by atoms with Crippen LogP contribution in [0.15, 0.2) is 0 Å². The van der Waals surface area contributed by atoms with Crippen LogP contribution in [0.5, 0.6) is 0 Å². The summed E-state index contributed by atoms with van der Waals surface area (Å²) < 4.78 is 132. The zero-order chi connectivity index (χ0) is 22.2. The van der Waals surface area contributed by atoms with Crippen LogP contribution in [-0.2, 0) is 14.3 Å². The summed E-state index contributed by atoms with van der Waals surface area (Å²) in [7, 11) is 0. The molecule has 0 spiro atoms. The van der Waals surface area contributed by atoms with Gasteiger partial charge in [0.05, 0.1) is 6.42 Å². The van der Waals surface area contributed by atoms with Crippen molar-refractivity contribution >= 4 is 5.97 Å². The monoisotopic (exact) mass is 440 g/mol. The number of rotatable bonds is 13. The van der Waals surface area contributed by atoms with E-state index in [0.717, 1.165) is 0 Å². The minimum Gasteiger partial charge on any atom is -0.481 e. The first-order valence-corrected chi connectivity index (χ1v) is 7.84. The molecule has 0 aliphatic carbocycles. The lowest BCUT2D eigenvalue weighted by Crippen LogP contribution is -2.36. The van der Waals surface area contributed by atoms with Crippen molar-refractivity contribution < 1.29 is 63.3 Å². The van der Waals surface area contributed by atoms with Crippen LogP contribution in [0.1, 0.15) is 38.5 Å². The molecule has 168 valence electrons. The lowest BCUT2D eigenvalue weighted by molar-refractivity contribution is -0.286. The normalized spacial score (nSPS) is 14.0. The van der Waals surface area contributed by atoms with Crippen molar-refractivity contribution in [1.29, 1.82) is 0 Å². The highest BCUT2D eigenvalue weighted by atomic mass is 19.4. The van der Waals surface area contributed by atoms with E-state index >= 15 is 0 Å². The Morgan fingerprint density at radius 3 is 1.39 bits per heavy atom. The molecule has 0 unspecified atom stereocenters. The molecule has 0 aliphatic heterocycles. The lowest BCUT2D eigenvalue weighted by Gasteiger charge is -2.22. The van der Waals surface area contributed by atoms with Gasteiger partial charge in [-0.2, -0.15) is 43.9 Å². The number of aliphatic carboxylic acids is 1. The number of hydrogen-bond donors (Lipinski definition) is 1. The van der Waals surface area contributed by atoms with Crippen LogP contribution < -0.4 is 0 Å². The number of carbonyl (C=O) groups is 1. The first-order chi connectivity index (χ1) is 12.5. The van der Waals surface area contributed by atoms with E-state index in [-0.39, 0.29) is 0 Å². The maximum Gasteiger partial charge on any atom is 0.453 e. The summed E-state index contributed by atoms with van der Waals surface area (Å²) in [6, 6.07) is 0. The third-order valence-corrected chi connectivity index (χ3v) is 3.30. The van der Waals surface area contributed by atoms with Crippen LogP contribution in [0.4, 0.5) is 43.9 Å². The first-order valence-electron chi connectivity index (χ1n) is 7.84. The van der Waals surface area contributed by atoms with Crippen molar-refractivity contribution in [2.24, 2.45) is 0 Å². The van der Waals surface area contributed by atoms with Crippen LogP contribution in [0.3, 0.4) is 0 Å². The molecule has 0 saturated heterocycles. The lowest BCUT2D eigenvalue weighted by atomic mass is 10.2. The van der Waals surface area contributed by atoms with Gasteiger partial charge in [-0.25, -0.2) is 0 Å². The molecule has 0 aromatic carbocycles. The van der Waals surface area contributed by atoms with E-state index in [0.29, 0.717) is 0 Å². The molecule has 0 aliphatic rings. The molecule has 0 bridgehead atoms. The van der Waals surface area contributed by atoms with Gasteiger partial charge in [0.2, 0.25) is 0 Å². The average molecular weight is 440 g/mol. The van der Waals surface area contributed by atoms with Gasteiger partial charge < -0.3 is 14.6 Å². The van der Waals surface area contributed by atoms with E-state index in [4.69, 9.17) is 14.6 Å². The molecular weight excluding hydrogens is 422 g/mol. The highest BCUT2D eigenvalue weighted by Gasteiger charge is 2.57. The molecule has 0 saturated carbocycles. The molecule has 4 nitrogen and oxygen atoms in total. The number of hydrogen-bond acceptors (Lipinski definition) is 3. The summed E-state index contributed by atoms with van der Waals surface area (Å²) in [4.78, 5) is 10.5. The fourth-order valence-electron chi connectivity index (χ4n) is 1.76. The Labute approximate surface area is 152 Å². The quantitative estimate of drug-likeness (QED) is 0.244. The Morgan fingerprint density at radius 2 is 1.11 bits per heavy atom. The topological polar surface area (TPSA) is 55.8 Å². The van der Waals surface area contributed by atoms with Crippen LogP contribution >= 0.6 is 0 Å². The fraction of sp³-hybridized carbons (Fsp3) is 0.929. The number of carboxylic acids is 1. The summed E-state index contributed by atoms with van der Waals surface area (Å²) in [6.07, 6.45) is -18.8. The number of halogens is 10. The third kappa shape index (κ3) is 9.75. The van der Waals surface area contributed by atoms with E-state index in [2.05, 4.69) is 0 Å². The van der Waals surface area contributed by atoms with E-state index in [1.54, 1.807) is 0 Å². The van der Waals surface area contributed by atoms with Gasteiger partial charge in [-0.1, -0.05) is 0 Å². The van der Waals surface area contributed by atoms with Gasteiger partial charge in [-0.05, 0) is 12.8 Å². The van der Waals surface area contributed by atoms with E-state index in [9.17, 15) is 48.7 Å². The number of alkyl halides is 10. The third-order valence-electron chi connectivity index (χ3n) is 3.30. The molecule has 0 aromatic heterocycles. The van der Waals surface area contributed by atoms with E-state index in [1.165, 1.54) is 0 Å².